The lowest BCUT2D eigenvalue weighted by Crippen LogP contribution is -2.50. The van der Waals surface area contributed by atoms with Crippen LogP contribution in [0.1, 0.15) is 49.7 Å². The first kappa shape index (κ1) is 13.8. The van der Waals surface area contributed by atoms with Crippen LogP contribution in [0.3, 0.4) is 0 Å². The number of benzene rings is 1. The predicted octanol–water partition coefficient (Wildman–Crippen LogP) is 4.64. The van der Waals surface area contributed by atoms with Crippen molar-refractivity contribution in [3.63, 3.8) is 0 Å². The van der Waals surface area contributed by atoms with Crippen LogP contribution in [0, 0.1) is 30.1 Å². The summed E-state index contributed by atoms with van der Waals surface area (Å²) in [5.41, 5.74) is 3.50. The van der Waals surface area contributed by atoms with Gasteiger partial charge in [-0.05, 0) is 81.2 Å². The van der Waals surface area contributed by atoms with Crippen molar-refractivity contribution in [3.8, 4) is 0 Å². The lowest BCUT2D eigenvalue weighted by molar-refractivity contribution is -0.0670. The first-order valence-corrected chi connectivity index (χ1v) is 8.84. The summed E-state index contributed by atoms with van der Waals surface area (Å²) in [7, 11) is 2.33. The Kier molecular flexibility index (Phi) is 3.37. The van der Waals surface area contributed by atoms with Crippen LogP contribution >= 0.6 is 0 Å². The van der Waals surface area contributed by atoms with Gasteiger partial charge in [-0.25, -0.2) is 0 Å². The molecule has 114 valence electrons. The lowest BCUT2D eigenvalue weighted by Gasteiger charge is -2.57. The van der Waals surface area contributed by atoms with E-state index in [0.29, 0.717) is 5.41 Å². The van der Waals surface area contributed by atoms with E-state index >= 15 is 0 Å². The molecule has 4 saturated carbocycles. The summed E-state index contributed by atoms with van der Waals surface area (Å²) in [5.74, 6) is 3.22. The zero-order chi connectivity index (χ0) is 14.4. The molecule has 21 heavy (non-hydrogen) atoms. The first-order valence-electron chi connectivity index (χ1n) is 8.84. The van der Waals surface area contributed by atoms with Crippen molar-refractivity contribution in [2.45, 2.75) is 52.0 Å². The highest BCUT2D eigenvalue weighted by atomic mass is 15.1. The normalized spacial score (nSPS) is 37.4. The van der Waals surface area contributed by atoms with E-state index in [2.05, 4.69) is 43.1 Å². The van der Waals surface area contributed by atoms with Crippen molar-refractivity contribution >= 4 is 0 Å². The first-order chi connectivity index (χ1) is 10.1. The summed E-state index contributed by atoms with van der Waals surface area (Å²) in [6.45, 7) is 4.61. The molecule has 0 amide bonds. The van der Waals surface area contributed by atoms with Crippen molar-refractivity contribution in [2.24, 2.45) is 23.2 Å². The van der Waals surface area contributed by atoms with Gasteiger partial charge < -0.3 is 4.90 Å². The molecular weight excluding hydrogens is 254 g/mol. The lowest BCUT2D eigenvalue weighted by atomic mass is 9.49. The van der Waals surface area contributed by atoms with Gasteiger partial charge in [0.2, 0.25) is 0 Å². The Morgan fingerprint density at radius 3 is 2.00 bits per heavy atom. The quantitative estimate of drug-likeness (QED) is 0.778. The molecule has 1 heteroatoms. The Balaban J connectivity index is 1.42. The summed E-state index contributed by atoms with van der Waals surface area (Å²) in [5, 5.41) is 0. The Morgan fingerprint density at radius 1 is 0.952 bits per heavy atom. The zero-order valence-electron chi connectivity index (χ0n) is 13.6. The highest BCUT2D eigenvalue weighted by molar-refractivity contribution is 5.21. The highest BCUT2D eigenvalue weighted by Crippen LogP contribution is 2.60. The molecule has 0 aromatic heterocycles. The second-order valence-corrected chi connectivity index (χ2v) is 8.58. The van der Waals surface area contributed by atoms with Crippen LogP contribution in [0.2, 0.25) is 0 Å². The van der Waals surface area contributed by atoms with Crippen LogP contribution in [-0.4, -0.2) is 18.5 Å². The molecule has 0 spiro atoms. The van der Waals surface area contributed by atoms with Crippen LogP contribution in [0.5, 0.6) is 0 Å². The number of aryl methyl sites for hydroxylation is 1. The van der Waals surface area contributed by atoms with E-state index in [-0.39, 0.29) is 0 Å². The Labute approximate surface area is 129 Å². The van der Waals surface area contributed by atoms with E-state index in [9.17, 15) is 0 Å². The van der Waals surface area contributed by atoms with Crippen LogP contribution in [-0.2, 0) is 6.54 Å². The Bertz CT molecular complexity index is 466. The minimum Gasteiger partial charge on any atom is -0.302 e. The van der Waals surface area contributed by atoms with Gasteiger partial charge in [0.05, 0.1) is 0 Å². The molecule has 0 radical (unpaired) electrons. The summed E-state index contributed by atoms with van der Waals surface area (Å²) in [6.07, 6.45) is 9.24. The van der Waals surface area contributed by atoms with Crippen molar-refractivity contribution in [3.05, 3.63) is 35.4 Å². The molecule has 4 fully saturated rings. The number of nitrogens with zero attached hydrogens (tertiary/aromatic N) is 1. The van der Waals surface area contributed by atoms with Gasteiger partial charge in [0.1, 0.15) is 0 Å². The molecule has 4 aliphatic carbocycles. The summed E-state index contributed by atoms with van der Waals surface area (Å²) in [6, 6.07) is 9.08. The fourth-order valence-electron chi connectivity index (χ4n) is 6.12. The van der Waals surface area contributed by atoms with E-state index in [4.69, 9.17) is 0 Å². The van der Waals surface area contributed by atoms with Crippen molar-refractivity contribution < 1.29 is 0 Å². The summed E-state index contributed by atoms with van der Waals surface area (Å²) in [4.78, 5) is 2.60. The van der Waals surface area contributed by atoms with E-state index < -0.39 is 0 Å². The van der Waals surface area contributed by atoms with Crippen LogP contribution in [0.4, 0.5) is 0 Å². The molecule has 0 aliphatic heterocycles. The average molecular weight is 283 g/mol. The molecule has 1 nitrogen and oxygen atoms in total. The van der Waals surface area contributed by atoms with Gasteiger partial charge >= 0.3 is 0 Å². The largest absolute Gasteiger partial charge is 0.302 e. The summed E-state index contributed by atoms with van der Waals surface area (Å²) >= 11 is 0. The average Bonchev–Trinajstić information content (AvgIpc) is 2.39. The van der Waals surface area contributed by atoms with E-state index in [1.807, 2.05) is 0 Å². The minimum absolute atomic E-state index is 0.675. The molecule has 0 unspecified atom stereocenters. The third kappa shape index (κ3) is 2.77. The van der Waals surface area contributed by atoms with Crippen LogP contribution in [0.25, 0.3) is 0 Å². The molecule has 0 N–H and O–H groups in total. The zero-order valence-corrected chi connectivity index (χ0v) is 13.6. The highest BCUT2D eigenvalue weighted by Gasteiger charge is 2.50. The Morgan fingerprint density at radius 2 is 1.48 bits per heavy atom. The van der Waals surface area contributed by atoms with Gasteiger partial charge in [0.15, 0.2) is 0 Å². The fourth-order valence-corrected chi connectivity index (χ4v) is 6.12. The molecule has 0 atom stereocenters. The molecular formula is C20H29N. The van der Waals surface area contributed by atoms with E-state index in [1.54, 1.807) is 19.3 Å². The molecule has 0 heterocycles. The van der Waals surface area contributed by atoms with Crippen LogP contribution < -0.4 is 0 Å². The molecule has 4 bridgehead atoms. The van der Waals surface area contributed by atoms with Gasteiger partial charge in [0.25, 0.3) is 0 Å². The third-order valence-electron chi connectivity index (χ3n) is 6.34. The molecule has 1 aromatic rings. The second kappa shape index (κ2) is 5.12. The SMILES string of the molecule is Cc1ccc(CN(C)CC23CC4CC(CC(C4)C2)C3)cc1. The van der Waals surface area contributed by atoms with Crippen molar-refractivity contribution in [1.29, 1.82) is 0 Å². The third-order valence-corrected chi connectivity index (χ3v) is 6.34. The number of rotatable bonds is 4. The Hall–Kier alpha value is -0.820. The monoisotopic (exact) mass is 283 g/mol. The molecule has 0 saturated heterocycles. The van der Waals surface area contributed by atoms with Gasteiger partial charge in [-0.3, -0.25) is 0 Å². The second-order valence-electron chi connectivity index (χ2n) is 8.58. The maximum Gasteiger partial charge on any atom is 0.0230 e. The maximum absolute atomic E-state index is 2.60. The minimum atomic E-state index is 0.675. The van der Waals surface area contributed by atoms with Crippen molar-refractivity contribution in [1.82, 2.24) is 4.90 Å². The maximum atomic E-state index is 2.60. The van der Waals surface area contributed by atoms with Gasteiger partial charge in [-0.2, -0.15) is 0 Å². The summed E-state index contributed by atoms with van der Waals surface area (Å²) < 4.78 is 0. The van der Waals surface area contributed by atoms with E-state index in [1.165, 1.54) is 36.9 Å². The standard InChI is InChI=1S/C20H29N/c1-15-3-5-16(6-4-15)13-21(2)14-20-10-17-7-18(11-20)9-19(8-17)12-20/h3-6,17-19H,7-14H2,1-2H3. The predicted molar refractivity (Wildman–Crippen MR) is 88.1 cm³/mol. The molecule has 4 aliphatic rings. The van der Waals surface area contributed by atoms with Gasteiger partial charge in [-0.15, -0.1) is 0 Å². The van der Waals surface area contributed by atoms with Crippen LogP contribution in [0.15, 0.2) is 24.3 Å². The van der Waals surface area contributed by atoms with Crippen molar-refractivity contribution in [2.75, 3.05) is 13.6 Å². The topological polar surface area (TPSA) is 3.24 Å². The van der Waals surface area contributed by atoms with E-state index in [0.717, 1.165) is 24.3 Å². The number of hydrogen-bond donors (Lipinski definition) is 0. The molecule has 1 aromatic carbocycles. The number of hydrogen-bond acceptors (Lipinski definition) is 1. The fraction of sp³-hybridized carbons (Fsp3) is 0.700. The smallest absolute Gasteiger partial charge is 0.0230 e. The van der Waals surface area contributed by atoms with Gasteiger partial charge in [0, 0.05) is 13.1 Å². The molecule has 5 rings (SSSR count). The van der Waals surface area contributed by atoms with Gasteiger partial charge in [-0.1, -0.05) is 29.8 Å².